The SMILES string of the molecule is NC1=NC2(CO1)c1cc(-c3cncnc3)ccc1Oc1cc(OCC(F)(F)F)c(F)cc12.O=c1c2cc(Br)ccc2oc2cc(F)c(F)cc12. The van der Waals surface area contributed by atoms with Crippen LogP contribution in [-0.2, 0) is 10.3 Å². The van der Waals surface area contributed by atoms with Gasteiger partial charge in [-0.25, -0.2) is 28.1 Å². The standard InChI is InChI=1S/C21H14F4N4O3.C13H5BrF2O2/c22-15-4-14-17(5-18(15)30-9-21(23,24)25)32-16-2-1-11(12-6-27-10-28-7-12)3-13(16)20(14)8-31-19(26)29-20;14-6-1-2-11-7(3-6)13(17)8-4-9(15)10(16)5-12(8)18-11/h1-7,10H,8-9H2,(H2,26,29);1-5H. The quantitative estimate of drug-likeness (QED) is 0.143. The van der Waals surface area contributed by atoms with Crippen LogP contribution in [0, 0.1) is 17.5 Å². The van der Waals surface area contributed by atoms with Gasteiger partial charge in [-0.2, -0.15) is 13.2 Å². The highest BCUT2D eigenvalue weighted by Gasteiger charge is 2.48. The Kier molecular flexibility index (Phi) is 8.13. The second kappa shape index (κ2) is 12.4. The van der Waals surface area contributed by atoms with Crippen molar-refractivity contribution in [2.24, 2.45) is 10.7 Å². The first kappa shape index (κ1) is 32.9. The number of ether oxygens (including phenoxy) is 3. The zero-order valence-corrected chi connectivity index (χ0v) is 26.6. The van der Waals surface area contributed by atoms with Crippen LogP contribution in [0.4, 0.5) is 26.3 Å². The zero-order chi connectivity index (χ0) is 35.4. The Balaban J connectivity index is 0.000000184. The molecular formula is C34H19BrF6N4O5. The molecular weight excluding hydrogens is 738 g/mol. The number of hydrogen-bond donors (Lipinski definition) is 1. The Hall–Kier alpha value is -5.64. The minimum atomic E-state index is -4.62. The number of alkyl halides is 3. The van der Waals surface area contributed by atoms with E-state index in [4.69, 9.17) is 19.6 Å². The first-order valence-corrected chi connectivity index (χ1v) is 15.2. The van der Waals surface area contributed by atoms with Crippen molar-refractivity contribution in [1.29, 1.82) is 0 Å². The van der Waals surface area contributed by atoms with Crippen LogP contribution in [0.5, 0.6) is 17.2 Å². The maximum absolute atomic E-state index is 14.7. The molecule has 8 rings (SSSR count). The summed E-state index contributed by atoms with van der Waals surface area (Å²) in [5.74, 6) is -3.23. The fourth-order valence-electron chi connectivity index (χ4n) is 5.58. The minimum absolute atomic E-state index is 0.0273. The topological polar surface area (TPSA) is 122 Å². The number of hydrogen-bond acceptors (Lipinski definition) is 9. The number of rotatable bonds is 3. The molecule has 50 heavy (non-hydrogen) atoms. The van der Waals surface area contributed by atoms with Crippen LogP contribution in [0.25, 0.3) is 33.1 Å². The van der Waals surface area contributed by atoms with E-state index in [0.29, 0.717) is 26.8 Å². The van der Waals surface area contributed by atoms with Gasteiger partial charge in [-0.05, 0) is 48.0 Å². The van der Waals surface area contributed by atoms with E-state index in [-0.39, 0.29) is 40.3 Å². The van der Waals surface area contributed by atoms with Gasteiger partial charge in [0.05, 0.1) is 10.8 Å². The van der Waals surface area contributed by atoms with Crippen LogP contribution in [0.15, 0.2) is 98.1 Å². The number of halogens is 7. The third kappa shape index (κ3) is 6.06. The van der Waals surface area contributed by atoms with Crippen molar-refractivity contribution in [3.63, 3.8) is 0 Å². The summed E-state index contributed by atoms with van der Waals surface area (Å²) in [4.78, 5) is 24.6. The van der Waals surface area contributed by atoms with Crippen LogP contribution in [0.3, 0.4) is 0 Å². The van der Waals surface area contributed by atoms with Gasteiger partial charge in [0.2, 0.25) is 5.43 Å². The molecule has 0 saturated heterocycles. The number of nitrogens with two attached hydrogens (primary N) is 1. The highest BCUT2D eigenvalue weighted by Crippen LogP contribution is 2.53. The third-order valence-electron chi connectivity index (χ3n) is 7.81. The van der Waals surface area contributed by atoms with Gasteiger partial charge in [0, 0.05) is 45.7 Å². The molecule has 0 saturated carbocycles. The zero-order valence-electron chi connectivity index (χ0n) is 25.0. The molecule has 2 aromatic heterocycles. The van der Waals surface area contributed by atoms with Gasteiger partial charge in [-0.1, -0.05) is 22.0 Å². The average molecular weight is 757 g/mol. The smallest absolute Gasteiger partial charge is 0.422 e. The monoisotopic (exact) mass is 756 g/mol. The molecule has 2 N–H and O–H groups in total. The maximum Gasteiger partial charge on any atom is 0.422 e. The Bertz CT molecular complexity index is 2410. The molecule has 2 aliphatic rings. The predicted molar refractivity (Wildman–Crippen MR) is 171 cm³/mol. The second-order valence-corrected chi connectivity index (χ2v) is 12.0. The van der Waals surface area contributed by atoms with Gasteiger partial charge in [-0.3, -0.25) is 4.79 Å². The van der Waals surface area contributed by atoms with E-state index < -0.39 is 41.5 Å². The molecule has 9 nitrogen and oxygen atoms in total. The summed E-state index contributed by atoms with van der Waals surface area (Å²) in [7, 11) is 0. The number of nitrogens with zero attached hydrogens (tertiary/aromatic N) is 3. The summed E-state index contributed by atoms with van der Waals surface area (Å²) in [5, 5.41) is 0.349. The molecule has 6 aromatic rings. The Morgan fingerprint density at radius 1 is 0.840 bits per heavy atom. The van der Waals surface area contributed by atoms with Crippen molar-refractivity contribution < 1.29 is 45.0 Å². The number of aliphatic imine (C=N–C) groups is 1. The lowest BCUT2D eigenvalue weighted by atomic mass is 9.80. The normalized spacial score (nSPS) is 16.2. The van der Waals surface area contributed by atoms with E-state index in [1.807, 2.05) is 0 Å². The molecule has 1 atom stereocenters. The lowest BCUT2D eigenvalue weighted by Gasteiger charge is -2.34. The van der Waals surface area contributed by atoms with Gasteiger partial charge < -0.3 is 24.4 Å². The highest BCUT2D eigenvalue weighted by atomic mass is 79.9. The average Bonchev–Trinajstić information content (AvgIpc) is 3.48. The number of fused-ring (bicyclic) bond motifs is 6. The molecule has 0 aliphatic carbocycles. The van der Waals surface area contributed by atoms with Crippen LogP contribution in [-0.4, -0.2) is 35.4 Å². The Labute approximate surface area is 285 Å². The number of benzene rings is 4. The summed E-state index contributed by atoms with van der Waals surface area (Å²) in [6.45, 7) is -1.68. The first-order chi connectivity index (χ1) is 23.8. The summed E-state index contributed by atoms with van der Waals surface area (Å²) in [6.07, 6.45) is 0.0455. The third-order valence-corrected chi connectivity index (χ3v) is 8.31. The Morgan fingerprint density at radius 3 is 2.28 bits per heavy atom. The van der Waals surface area contributed by atoms with Gasteiger partial charge in [0.1, 0.15) is 35.6 Å². The Morgan fingerprint density at radius 2 is 1.56 bits per heavy atom. The van der Waals surface area contributed by atoms with Gasteiger partial charge >= 0.3 is 6.18 Å². The molecule has 1 unspecified atom stereocenters. The number of aromatic nitrogens is 2. The van der Waals surface area contributed by atoms with Crippen molar-refractivity contribution >= 4 is 43.9 Å². The van der Waals surface area contributed by atoms with Crippen molar-refractivity contribution in [2.75, 3.05) is 13.2 Å². The fourth-order valence-corrected chi connectivity index (χ4v) is 5.94. The molecule has 4 heterocycles. The van der Waals surface area contributed by atoms with Gasteiger partial charge in [-0.15, -0.1) is 0 Å². The summed E-state index contributed by atoms with van der Waals surface area (Å²) >= 11 is 3.24. The molecule has 1 spiro atoms. The van der Waals surface area contributed by atoms with Gasteiger partial charge in [0.15, 0.2) is 35.3 Å². The van der Waals surface area contributed by atoms with Crippen molar-refractivity contribution in [3.8, 4) is 28.4 Å². The van der Waals surface area contributed by atoms with Crippen molar-refractivity contribution in [3.05, 3.63) is 123 Å². The van der Waals surface area contributed by atoms with Crippen LogP contribution >= 0.6 is 15.9 Å². The largest absolute Gasteiger partial charge is 0.481 e. The molecule has 4 aromatic carbocycles. The lowest BCUT2D eigenvalue weighted by Crippen LogP contribution is -2.31. The molecule has 0 bridgehead atoms. The van der Waals surface area contributed by atoms with E-state index >= 15 is 0 Å². The lowest BCUT2D eigenvalue weighted by molar-refractivity contribution is -0.153. The maximum atomic E-state index is 14.7. The highest BCUT2D eigenvalue weighted by molar-refractivity contribution is 9.10. The molecule has 0 radical (unpaired) electrons. The van der Waals surface area contributed by atoms with Crippen LogP contribution in [0.2, 0.25) is 0 Å². The molecule has 0 amide bonds. The van der Waals surface area contributed by atoms with Crippen LogP contribution < -0.4 is 20.6 Å². The van der Waals surface area contributed by atoms with E-state index in [1.54, 1.807) is 48.8 Å². The molecule has 2 aliphatic heterocycles. The van der Waals surface area contributed by atoms with E-state index in [9.17, 15) is 31.1 Å². The molecule has 16 heteroatoms. The van der Waals surface area contributed by atoms with Crippen molar-refractivity contribution in [2.45, 2.75) is 11.7 Å². The van der Waals surface area contributed by atoms with Gasteiger partial charge in [0.25, 0.3) is 6.02 Å². The summed E-state index contributed by atoms with van der Waals surface area (Å²) in [5.41, 5.74) is 6.82. The van der Waals surface area contributed by atoms with Crippen molar-refractivity contribution in [1.82, 2.24) is 9.97 Å². The van der Waals surface area contributed by atoms with Crippen LogP contribution in [0.1, 0.15) is 11.1 Å². The second-order valence-electron chi connectivity index (χ2n) is 11.1. The van der Waals surface area contributed by atoms with E-state index in [0.717, 1.165) is 35.4 Å². The minimum Gasteiger partial charge on any atom is -0.481 e. The van der Waals surface area contributed by atoms with E-state index in [1.165, 1.54) is 6.33 Å². The first-order valence-electron chi connectivity index (χ1n) is 14.4. The van der Waals surface area contributed by atoms with E-state index in [2.05, 4.69) is 35.6 Å². The summed E-state index contributed by atoms with van der Waals surface area (Å²) < 4.78 is 101. The molecule has 0 fully saturated rings. The predicted octanol–water partition coefficient (Wildman–Crippen LogP) is 7.90. The summed E-state index contributed by atoms with van der Waals surface area (Å²) in [6, 6.07) is 13.9. The fraction of sp³-hybridized carbons (Fsp3) is 0.118. The number of amidine groups is 1. The molecule has 254 valence electrons.